The summed E-state index contributed by atoms with van der Waals surface area (Å²) in [6, 6.07) is 8.70. The van der Waals surface area contributed by atoms with Gasteiger partial charge in [-0.1, -0.05) is 24.3 Å². The Balaban J connectivity index is 0.00000261. The fourth-order valence-corrected chi connectivity index (χ4v) is 3.61. The molecule has 2 aliphatic rings. The highest BCUT2D eigenvalue weighted by Crippen LogP contribution is 2.34. The van der Waals surface area contributed by atoms with Crippen molar-refractivity contribution in [2.75, 3.05) is 46.1 Å². The number of rotatable bonds is 9. The molecule has 5 nitrogen and oxygen atoms in total. The molecule has 1 aliphatic carbocycles. The molecular formula is C21H34IN3O2. The molecule has 1 heterocycles. The second-order valence-corrected chi connectivity index (χ2v) is 7.23. The van der Waals surface area contributed by atoms with E-state index in [1.165, 1.54) is 11.1 Å². The molecule has 0 saturated carbocycles. The number of benzene rings is 1. The molecule has 1 saturated heterocycles. The van der Waals surface area contributed by atoms with Crippen LogP contribution in [0.3, 0.4) is 0 Å². The lowest BCUT2D eigenvalue weighted by atomic mass is 9.78. The molecule has 1 fully saturated rings. The van der Waals surface area contributed by atoms with Gasteiger partial charge < -0.3 is 20.1 Å². The number of aliphatic imine (C=N–C) groups is 1. The Hall–Kier alpha value is -0.860. The van der Waals surface area contributed by atoms with E-state index in [9.17, 15) is 0 Å². The first-order chi connectivity index (χ1) is 12.9. The first-order valence-corrected chi connectivity index (χ1v) is 10.1. The smallest absolute Gasteiger partial charge is 0.191 e. The average Bonchev–Trinajstić information content (AvgIpc) is 2.66. The Morgan fingerprint density at radius 1 is 1.22 bits per heavy atom. The normalized spacial score (nSPS) is 19.6. The lowest BCUT2D eigenvalue weighted by Gasteiger charge is -2.29. The van der Waals surface area contributed by atoms with E-state index in [0.717, 1.165) is 77.7 Å². The standard InChI is InChI=1S/C21H33N3O2.HI/c1-2-22-21(24-15-19-14-18-6-3-4-7-20(18)19)23-10-5-11-26-16-17-8-12-25-13-9-17;/h3-4,6-7,17,19H,2,5,8-16H2,1H3,(H2,22,23,24);1H. The lowest BCUT2D eigenvalue weighted by Crippen LogP contribution is -2.38. The van der Waals surface area contributed by atoms with Crippen LogP contribution in [0.1, 0.15) is 43.2 Å². The Kier molecular flexibility index (Phi) is 10.4. The van der Waals surface area contributed by atoms with Crippen molar-refractivity contribution in [3.63, 3.8) is 0 Å². The molecule has 0 aromatic heterocycles. The van der Waals surface area contributed by atoms with Crippen LogP contribution in [0, 0.1) is 5.92 Å². The highest BCUT2D eigenvalue weighted by molar-refractivity contribution is 14.0. The topological polar surface area (TPSA) is 54.9 Å². The number of halogens is 1. The number of hydrogen-bond donors (Lipinski definition) is 2. The maximum atomic E-state index is 5.82. The zero-order valence-electron chi connectivity index (χ0n) is 16.4. The third-order valence-electron chi connectivity index (χ3n) is 5.23. The minimum atomic E-state index is 0. The molecule has 6 heteroatoms. The lowest BCUT2D eigenvalue weighted by molar-refractivity contribution is 0.0203. The molecule has 1 aliphatic heterocycles. The van der Waals surface area contributed by atoms with Crippen LogP contribution in [0.4, 0.5) is 0 Å². The maximum absolute atomic E-state index is 5.82. The molecule has 152 valence electrons. The first-order valence-electron chi connectivity index (χ1n) is 10.1. The Morgan fingerprint density at radius 3 is 2.81 bits per heavy atom. The minimum absolute atomic E-state index is 0. The van der Waals surface area contributed by atoms with E-state index in [2.05, 4.69) is 41.8 Å². The maximum Gasteiger partial charge on any atom is 0.191 e. The molecule has 3 rings (SSSR count). The SMILES string of the molecule is CCNC(=NCC1Cc2ccccc21)NCCCOCC1CCOCC1.I. The second-order valence-electron chi connectivity index (χ2n) is 7.23. The van der Waals surface area contributed by atoms with Crippen LogP contribution >= 0.6 is 24.0 Å². The number of guanidine groups is 1. The average molecular weight is 487 g/mol. The van der Waals surface area contributed by atoms with Gasteiger partial charge in [0.15, 0.2) is 5.96 Å². The number of nitrogens with zero attached hydrogens (tertiary/aromatic N) is 1. The van der Waals surface area contributed by atoms with Crippen LogP contribution in [-0.4, -0.2) is 52.0 Å². The molecule has 0 amide bonds. The van der Waals surface area contributed by atoms with Crippen molar-refractivity contribution in [1.29, 1.82) is 0 Å². The molecule has 1 aromatic rings. The first kappa shape index (κ1) is 22.4. The predicted molar refractivity (Wildman–Crippen MR) is 121 cm³/mol. The summed E-state index contributed by atoms with van der Waals surface area (Å²) in [5, 5.41) is 6.76. The summed E-state index contributed by atoms with van der Waals surface area (Å²) in [5.74, 6) is 2.17. The number of nitrogens with one attached hydrogen (secondary N) is 2. The van der Waals surface area contributed by atoms with Gasteiger partial charge in [-0.25, -0.2) is 0 Å². The molecular weight excluding hydrogens is 453 g/mol. The summed E-state index contributed by atoms with van der Waals surface area (Å²) >= 11 is 0. The van der Waals surface area contributed by atoms with Crippen LogP contribution in [0.15, 0.2) is 29.3 Å². The van der Waals surface area contributed by atoms with Gasteiger partial charge in [0.2, 0.25) is 0 Å². The van der Waals surface area contributed by atoms with Crippen molar-refractivity contribution < 1.29 is 9.47 Å². The fourth-order valence-electron chi connectivity index (χ4n) is 3.61. The van der Waals surface area contributed by atoms with Gasteiger partial charge in [0.25, 0.3) is 0 Å². The second kappa shape index (κ2) is 12.6. The van der Waals surface area contributed by atoms with E-state index in [1.807, 2.05) is 0 Å². The molecule has 1 unspecified atom stereocenters. The minimum Gasteiger partial charge on any atom is -0.381 e. The van der Waals surface area contributed by atoms with Crippen LogP contribution < -0.4 is 10.6 Å². The summed E-state index contributed by atoms with van der Waals surface area (Å²) < 4.78 is 11.2. The monoisotopic (exact) mass is 487 g/mol. The Bertz CT molecular complexity index is 576. The van der Waals surface area contributed by atoms with Gasteiger partial charge in [0.05, 0.1) is 0 Å². The van der Waals surface area contributed by atoms with Gasteiger partial charge in [-0.2, -0.15) is 0 Å². The van der Waals surface area contributed by atoms with E-state index >= 15 is 0 Å². The predicted octanol–water partition coefficient (Wildman–Crippen LogP) is 3.33. The van der Waals surface area contributed by atoms with Gasteiger partial charge in [-0.3, -0.25) is 4.99 Å². The molecule has 0 radical (unpaired) electrons. The van der Waals surface area contributed by atoms with Crippen molar-refractivity contribution >= 4 is 29.9 Å². The van der Waals surface area contributed by atoms with E-state index < -0.39 is 0 Å². The Morgan fingerprint density at radius 2 is 2.04 bits per heavy atom. The summed E-state index contributed by atoms with van der Waals surface area (Å²) in [4.78, 5) is 4.77. The summed E-state index contributed by atoms with van der Waals surface area (Å²) in [7, 11) is 0. The fraction of sp³-hybridized carbons (Fsp3) is 0.667. The highest BCUT2D eigenvalue weighted by Gasteiger charge is 2.24. The van der Waals surface area contributed by atoms with E-state index in [4.69, 9.17) is 14.5 Å². The third-order valence-corrected chi connectivity index (χ3v) is 5.23. The van der Waals surface area contributed by atoms with Gasteiger partial charge >= 0.3 is 0 Å². The van der Waals surface area contributed by atoms with Crippen LogP contribution in [0.2, 0.25) is 0 Å². The van der Waals surface area contributed by atoms with Crippen LogP contribution in [0.5, 0.6) is 0 Å². The van der Waals surface area contributed by atoms with Crippen molar-refractivity contribution in [1.82, 2.24) is 10.6 Å². The molecule has 0 spiro atoms. The van der Waals surface area contributed by atoms with E-state index in [1.54, 1.807) is 0 Å². The molecule has 27 heavy (non-hydrogen) atoms. The van der Waals surface area contributed by atoms with E-state index in [0.29, 0.717) is 11.8 Å². The Labute approximate surface area is 180 Å². The van der Waals surface area contributed by atoms with E-state index in [-0.39, 0.29) is 24.0 Å². The van der Waals surface area contributed by atoms with Gasteiger partial charge in [0.1, 0.15) is 0 Å². The molecule has 1 atom stereocenters. The van der Waals surface area contributed by atoms with Gasteiger partial charge in [0, 0.05) is 52.0 Å². The van der Waals surface area contributed by atoms with Crippen molar-refractivity contribution in [2.24, 2.45) is 10.9 Å². The van der Waals surface area contributed by atoms with Crippen molar-refractivity contribution in [3.05, 3.63) is 35.4 Å². The number of fused-ring (bicyclic) bond motifs is 1. The molecule has 2 N–H and O–H groups in total. The van der Waals surface area contributed by atoms with Crippen molar-refractivity contribution in [2.45, 2.75) is 38.5 Å². The quantitative estimate of drug-likeness (QED) is 0.243. The van der Waals surface area contributed by atoms with Crippen LogP contribution in [0.25, 0.3) is 0 Å². The van der Waals surface area contributed by atoms with Crippen LogP contribution in [-0.2, 0) is 15.9 Å². The number of hydrogen-bond acceptors (Lipinski definition) is 3. The van der Waals surface area contributed by atoms with Gasteiger partial charge in [-0.15, -0.1) is 24.0 Å². The molecule has 1 aromatic carbocycles. The highest BCUT2D eigenvalue weighted by atomic mass is 127. The third kappa shape index (κ3) is 7.23. The zero-order chi connectivity index (χ0) is 18.0. The van der Waals surface area contributed by atoms with Gasteiger partial charge in [-0.05, 0) is 49.7 Å². The number of ether oxygens (including phenoxy) is 2. The zero-order valence-corrected chi connectivity index (χ0v) is 18.7. The largest absolute Gasteiger partial charge is 0.381 e. The van der Waals surface area contributed by atoms with Crippen molar-refractivity contribution in [3.8, 4) is 0 Å². The summed E-state index contributed by atoms with van der Waals surface area (Å²) in [6.07, 6.45) is 4.43. The molecule has 0 bridgehead atoms. The summed E-state index contributed by atoms with van der Waals surface area (Å²) in [5.41, 5.74) is 2.95. The summed E-state index contributed by atoms with van der Waals surface area (Å²) in [6.45, 7) is 8.19.